The summed E-state index contributed by atoms with van der Waals surface area (Å²) in [6.45, 7) is 6.57. The van der Waals surface area contributed by atoms with Gasteiger partial charge in [0, 0.05) is 32.1 Å². The van der Waals surface area contributed by atoms with Crippen LogP contribution in [0.4, 0.5) is 4.39 Å². The molecule has 5 heteroatoms. The summed E-state index contributed by atoms with van der Waals surface area (Å²) < 4.78 is 13.0. The van der Waals surface area contributed by atoms with Crippen LogP contribution < -0.4 is 5.32 Å². The van der Waals surface area contributed by atoms with E-state index in [0.717, 1.165) is 16.7 Å². The van der Waals surface area contributed by atoms with Gasteiger partial charge in [0.1, 0.15) is 5.82 Å². The van der Waals surface area contributed by atoms with Gasteiger partial charge in [-0.3, -0.25) is 9.59 Å². The Kier molecular flexibility index (Phi) is 6.28. The molecule has 0 saturated carbocycles. The van der Waals surface area contributed by atoms with E-state index in [9.17, 15) is 14.0 Å². The number of carbonyl (C=O) groups excluding carboxylic acids is 2. The molecule has 2 aromatic rings. The largest absolute Gasteiger partial charge is 0.350 e. The van der Waals surface area contributed by atoms with Gasteiger partial charge in [-0.05, 0) is 54.8 Å². The minimum absolute atomic E-state index is 0.0928. The van der Waals surface area contributed by atoms with Crippen LogP contribution in [-0.2, 0) is 11.3 Å². The van der Waals surface area contributed by atoms with Crippen molar-refractivity contribution in [3.8, 4) is 0 Å². The maximum atomic E-state index is 13.0. The molecule has 132 valence electrons. The number of hydrogen-bond donors (Lipinski definition) is 1. The maximum Gasteiger partial charge on any atom is 0.251 e. The minimum Gasteiger partial charge on any atom is -0.350 e. The van der Waals surface area contributed by atoms with Crippen molar-refractivity contribution in [1.82, 2.24) is 10.2 Å². The van der Waals surface area contributed by atoms with Gasteiger partial charge in [-0.1, -0.05) is 18.2 Å². The summed E-state index contributed by atoms with van der Waals surface area (Å²) in [6.07, 6.45) is 0. The first-order chi connectivity index (χ1) is 11.9. The molecule has 0 atom stereocenters. The van der Waals surface area contributed by atoms with Crippen LogP contribution in [0.15, 0.2) is 42.5 Å². The Morgan fingerprint density at radius 1 is 1.04 bits per heavy atom. The molecule has 0 radical (unpaired) electrons. The fraction of sp³-hybridized carbons (Fsp3) is 0.300. The quantitative estimate of drug-likeness (QED) is 0.876. The zero-order valence-corrected chi connectivity index (χ0v) is 14.8. The Balaban J connectivity index is 1.90. The van der Waals surface area contributed by atoms with E-state index in [4.69, 9.17) is 0 Å². The number of amides is 2. The second-order valence-electron chi connectivity index (χ2n) is 6.12. The summed E-state index contributed by atoms with van der Waals surface area (Å²) in [5.74, 6) is -0.558. The van der Waals surface area contributed by atoms with Gasteiger partial charge in [0.05, 0.1) is 0 Å². The van der Waals surface area contributed by atoms with Crippen molar-refractivity contribution < 1.29 is 14.0 Å². The van der Waals surface area contributed by atoms with Gasteiger partial charge in [-0.25, -0.2) is 4.39 Å². The number of nitrogens with one attached hydrogen (secondary N) is 1. The molecule has 0 aliphatic rings. The van der Waals surface area contributed by atoms with E-state index in [1.807, 2.05) is 26.0 Å². The number of benzene rings is 2. The first-order valence-electron chi connectivity index (χ1n) is 8.22. The van der Waals surface area contributed by atoms with Crippen LogP contribution in [0.25, 0.3) is 0 Å². The Morgan fingerprint density at radius 2 is 1.72 bits per heavy atom. The van der Waals surface area contributed by atoms with Crippen molar-refractivity contribution in [3.63, 3.8) is 0 Å². The molecule has 0 heterocycles. The first-order valence-corrected chi connectivity index (χ1v) is 8.22. The highest BCUT2D eigenvalue weighted by Gasteiger charge is 2.11. The summed E-state index contributed by atoms with van der Waals surface area (Å²) >= 11 is 0. The van der Waals surface area contributed by atoms with Gasteiger partial charge < -0.3 is 10.2 Å². The number of nitrogens with zero attached hydrogens (tertiary/aromatic N) is 1. The van der Waals surface area contributed by atoms with Crippen LogP contribution in [0.5, 0.6) is 0 Å². The maximum absolute atomic E-state index is 13.0. The molecule has 0 aromatic heterocycles. The van der Waals surface area contributed by atoms with Gasteiger partial charge in [0.2, 0.25) is 5.91 Å². The van der Waals surface area contributed by atoms with Crippen molar-refractivity contribution >= 4 is 11.8 Å². The third-order valence-corrected chi connectivity index (χ3v) is 4.17. The standard InChI is InChI=1S/C20H23FN2O2/c1-14-4-7-18(12-15(14)2)20(25)22-10-11-23(16(3)24)13-17-5-8-19(21)9-6-17/h4-9,12H,10-11,13H2,1-3H3,(H,22,25). The molecular weight excluding hydrogens is 319 g/mol. The van der Waals surface area contributed by atoms with Gasteiger partial charge in [-0.2, -0.15) is 0 Å². The monoisotopic (exact) mass is 342 g/mol. The molecule has 0 unspecified atom stereocenters. The van der Waals surface area contributed by atoms with Crippen molar-refractivity contribution in [2.75, 3.05) is 13.1 Å². The first kappa shape index (κ1) is 18.6. The number of hydrogen-bond acceptors (Lipinski definition) is 2. The lowest BCUT2D eigenvalue weighted by Gasteiger charge is -2.21. The lowest BCUT2D eigenvalue weighted by molar-refractivity contribution is -0.129. The smallest absolute Gasteiger partial charge is 0.251 e. The Morgan fingerprint density at radius 3 is 2.32 bits per heavy atom. The molecule has 1 N–H and O–H groups in total. The van der Waals surface area contributed by atoms with Crippen molar-refractivity contribution in [2.45, 2.75) is 27.3 Å². The van der Waals surface area contributed by atoms with E-state index in [1.165, 1.54) is 19.1 Å². The van der Waals surface area contributed by atoms with Crippen LogP contribution in [0, 0.1) is 19.7 Å². The molecule has 2 rings (SSSR count). The highest BCUT2D eigenvalue weighted by Crippen LogP contribution is 2.10. The number of aryl methyl sites for hydroxylation is 2. The summed E-state index contributed by atoms with van der Waals surface area (Å²) in [5.41, 5.74) is 3.65. The Labute approximate surface area is 147 Å². The summed E-state index contributed by atoms with van der Waals surface area (Å²) in [7, 11) is 0. The second-order valence-corrected chi connectivity index (χ2v) is 6.12. The highest BCUT2D eigenvalue weighted by molar-refractivity contribution is 5.94. The van der Waals surface area contributed by atoms with Crippen LogP contribution >= 0.6 is 0 Å². The predicted octanol–water partition coefficient (Wildman–Crippen LogP) is 3.22. The molecule has 0 aliphatic carbocycles. The normalized spacial score (nSPS) is 10.4. The molecule has 2 amide bonds. The van der Waals surface area contributed by atoms with Crippen LogP contribution in [0.2, 0.25) is 0 Å². The predicted molar refractivity (Wildman–Crippen MR) is 95.7 cm³/mol. The van der Waals surface area contributed by atoms with E-state index in [0.29, 0.717) is 25.2 Å². The molecular formula is C20H23FN2O2. The van der Waals surface area contributed by atoms with E-state index >= 15 is 0 Å². The highest BCUT2D eigenvalue weighted by atomic mass is 19.1. The number of halogens is 1. The lowest BCUT2D eigenvalue weighted by atomic mass is 10.1. The van der Waals surface area contributed by atoms with Crippen molar-refractivity contribution in [1.29, 1.82) is 0 Å². The Hall–Kier alpha value is -2.69. The zero-order chi connectivity index (χ0) is 18.4. The minimum atomic E-state index is -0.307. The second kappa shape index (κ2) is 8.42. The number of rotatable bonds is 6. The van der Waals surface area contributed by atoms with Crippen molar-refractivity contribution in [3.05, 3.63) is 70.5 Å². The average molecular weight is 342 g/mol. The zero-order valence-electron chi connectivity index (χ0n) is 14.8. The summed E-state index contributed by atoms with van der Waals surface area (Å²) in [5, 5.41) is 2.83. The van der Waals surface area contributed by atoms with Gasteiger partial charge in [0.15, 0.2) is 0 Å². The summed E-state index contributed by atoms with van der Waals surface area (Å²) in [6, 6.07) is 11.6. The third kappa shape index (κ3) is 5.41. The van der Waals surface area contributed by atoms with Crippen molar-refractivity contribution in [2.24, 2.45) is 0 Å². The fourth-order valence-corrected chi connectivity index (χ4v) is 2.45. The van der Waals surface area contributed by atoms with Crippen LogP contribution in [0.3, 0.4) is 0 Å². The van der Waals surface area contributed by atoms with Gasteiger partial charge in [0.25, 0.3) is 5.91 Å². The van der Waals surface area contributed by atoms with Crippen LogP contribution in [0.1, 0.15) is 34.0 Å². The van der Waals surface area contributed by atoms with Gasteiger partial charge in [-0.15, -0.1) is 0 Å². The average Bonchev–Trinajstić information content (AvgIpc) is 2.58. The fourth-order valence-electron chi connectivity index (χ4n) is 2.45. The molecule has 0 fully saturated rings. The topological polar surface area (TPSA) is 49.4 Å². The van der Waals surface area contributed by atoms with E-state index < -0.39 is 0 Å². The third-order valence-electron chi connectivity index (χ3n) is 4.17. The molecule has 4 nitrogen and oxygen atoms in total. The van der Waals surface area contributed by atoms with E-state index in [2.05, 4.69) is 5.32 Å². The SMILES string of the molecule is CC(=O)N(CCNC(=O)c1ccc(C)c(C)c1)Cc1ccc(F)cc1. The van der Waals surface area contributed by atoms with E-state index in [-0.39, 0.29) is 17.6 Å². The molecule has 0 aliphatic heterocycles. The summed E-state index contributed by atoms with van der Waals surface area (Å²) in [4.78, 5) is 25.6. The molecule has 0 bridgehead atoms. The molecule has 0 spiro atoms. The van der Waals surface area contributed by atoms with E-state index in [1.54, 1.807) is 23.1 Å². The molecule has 0 saturated heterocycles. The lowest BCUT2D eigenvalue weighted by Crippen LogP contribution is -2.37. The Bertz CT molecular complexity index is 757. The van der Waals surface area contributed by atoms with Gasteiger partial charge >= 0.3 is 0 Å². The molecule has 25 heavy (non-hydrogen) atoms. The molecule has 2 aromatic carbocycles. The van der Waals surface area contributed by atoms with Crippen LogP contribution in [-0.4, -0.2) is 29.8 Å². The number of carbonyl (C=O) groups is 2.